The highest BCUT2D eigenvalue weighted by molar-refractivity contribution is 5.54. The molecule has 0 saturated carbocycles. The lowest BCUT2D eigenvalue weighted by Crippen LogP contribution is -2.18. The molecule has 136 valence electrons. The van der Waals surface area contributed by atoms with Crippen LogP contribution in [0, 0.1) is 0 Å². The Bertz CT molecular complexity index is 1030. The molecule has 2 aromatic carbocycles. The van der Waals surface area contributed by atoms with E-state index in [2.05, 4.69) is 20.4 Å². The average molecular weight is 361 g/mol. The van der Waals surface area contributed by atoms with Crippen molar-refractivity contribution < 1.29 is 9.26 Å². The van der Waals surface area contributed by atoms with Crippen molar-refractivity contribution in [1.82, 2.24) is 19.7 Å². The van der Waals surface area contributed by atoms with Gasteiger partial charge in [-0.1, -0.05) is 36.4 Å². The molecule has 7 heteroatoms. The molecule has 0 fully saturated rings. The van der Waals surface area contributed by atoms with Crippen molar-refractivity contribution in [3.8, 4) is 17.2 Å². The first-order valence-corrected chi connectivity index (χ1v) is 8.52. The van der Waals surface area contributed by atoms with Crippen LogP contribution in [-0.4, -0.2) is 26.8 Å². The van der Waals surface area contributed by atoms with Crippen molar-refractivity contribution >= 4 is 5.95 Å². The summed E-state index contributed by atoms with van der Waals surface area (Å²) in [5, 5.41) is 7.40. The summed E-state index contributed by atoms with van der Waals surface area (Å²) >= 11 is 0. The largest absolute Gasteiger partial charge is 0.496 e. The topological polar surface area (TPSA) is 78.0 Å². The third-order valence-electron chi connectivity index (χ3n) is 4.29. The number of para-hydroxylation sites is 1. The summed E-state index contributed by atoms with van der Waals surface area (Å²) in [6.45, 7) is 0. The van der Waals surface area contributed by atoms with Crippen molar-refractivity contribution in [2.75, 3.05) is 12.4 Å². The highest BCUT2D eigenvalue weighted by Crippen LogP contribution is 2.31. The van der Waals surface area contributed by atoms with E-state index >= 15 is 0 Å². The number of aromatic nitrogens is 4. The van der Waals surface area contributed by atoms with Gasteiger partial charge in [0.1, 0.15) is 17.6 Å². The number of anilines is 1. The van der Waals surface area contributed by atoms with E-state index in [4.69, 9.17) is 9.26 Å². The predicted octanol–water partition coefficient (Wildman–Crippen LogP) is 3.68. The van der Waals surface area contributed by atoms with Crippen LogP contribution in [0.15, 0.2) is 71.5 Å². The second-order valence-corrected chi connectivity index (χ2v) is 6.00. The highest BCUT2D eigenvalue weighted by atomic mass is 16.5. The maximum atomic E-state index is 5.54. The van der Waals surface area contributed by atoms with E-state index in [0.717, 1.165) is 22.7 Å². The van der Waals surface area contributed by atoms with Crippen LogP contribution in [0.1, 0.15) is 17.4 Å². The standard InChI is InChI=1S/C20H19N5O2/c1-25-13-12-21-18(25)17(15-10-6-7-11-16(15)26-2)22-20-23-19(27-24-20)14-8-4-3-5-9-14/h3-13,17H,1-2H3,(H,22,24). The van der Waals surface area contributed by atoms with Gasteiger partial charge < -0.3 is 19.1 Å². The molecule has 2 aromatic heterocycles. The summed E-state index contributed by atoms with van der Waals surface area (Å²) in [4.78, 5) is 8.96. The van der Waals surface area contributed by atoms with Crippen molar-refractivity contribution in [1.29, 1.82) is 0 Å². The number of nitrogens with zero attached hydrogens (tertiary/aromatic N) is 4. The first-order valence-electron chi connectivity index (χ1n) is 8.52. The summed E-state index contributed by atoms with van der Waals surface area (Å²) in [5.74, 6) is 2.40. The van der Waals surface area contributed by atoms with Crippen LogP contribution in [0.25, 0.3) is 11.5 Å². The fourth-order valence-electron chi connectivity index (χ4n) is 2.95. The van der Waals surface area contributed by atoms with Gasteiger partial charge in [-0.2, -0.15) is 4.98 Å². The van der Waals surface area contributed by atoms with E-state index < -0.39 is 0 Å². The molecule has 1 N–H and O–H groups in total. The summed E-state index contributed by atoms with van der Waals surface area (Å²) in [6, 6.07) is 17.1. The first-order chi connectivity index (χ1) is 13.3. The van der Waals surface area contributed by atoms with Crippen LogP contribution in [-0.2, 0) is 7.05 Å². The lowest BCUT2D eigenvalue weighted by atomic mass is 10.0. The number of aryl methyl sites for hydroxylation is 1. The van der Waals surface area contributed by atoms with Gasteiger partial charge in [0.05, 0.1) is 7.11 Å². The molecule has 0 aliphatic rings. The summed E-state index contributed by atoms with van der Waals surface area (Å²) in [7, 11) is 3.59. The fourth-order valence-corrected chi connectivity index (χ4v) is 2.95. The molecule has 1 unspecified atom stereocenters. The molecule has 4 aromatic rings. The van der Waals surface area contributed by atoms with Crippen molar-refractivity contribution in [3.63, 3.8) is 0 Å². The molecule has 4 rings (SSSR count). The van der Waals surface area contributed by atoms with Gasteiger partial charge in [-0.3, -0.25) is 0 Å². The molecule has 2 heterocycles. The second kappa shape index (κ2) is 7.33. The average Bonchev–Trinajstić information content (AvgIpc) is 3.36. The van der Waals surface area contributed by atoms with Crippen molar-refractivity contribution in [2.24, 2.45) is 7.05 Å². The molecular weight excluding hydrogens is 342 g/mol. The van der Waals surface area contributed by atoms with E-state index in [1.807, 2.05) is 72.4 Å². The molecule has 0 amide bonds. The minimum atomic E-state index is -0.303. The van der Waals surface area contributed by atoms with Gasteiger partial charge in [0, 0.05) is 30.6 Å². The van der Waals surface area contributed by atoms with Crippen molar-refractivity contribution in [2.45, 2.75) is 6.04 Å². The Morgan fingerprint density at radius 3 is 2.59 bits per heavy atom. The zero-order valence-electron chi connectivity index (χ0n) is 15.0. The first kappa shape index (κ1) is 16.8. The Hall–Kier alpha value is -3.61. The monoisotopic (exact) mass is 361 g/mol. The van der Waals surface area contributed by atoms with Crippen LogP contribution in [0.4, 0.5) is 5.95 Å². The maximum Gasteiger partial charge on any atom is 0.264 e. The van der Waals surface area contributed by atoms with Gasteiger partial charge in [-0.15, -0.1) is 0 Å². The molecule has 0 bridgehead atoms. The Kier molecular flexibility index (Phi) is 4.57. The number of imidazole rings is 1. The maximum absolute atomic E-state index is 5.54. The Labute approximate surface area is 156 Å². The Morgan fingerprint density at radius 2 is 1.85 bits per heavy atom. The fraction of sp³-hybridized carbons (Fsp3) is 0.150. The third kappa shape index (κ3) is 3.39. The highest BCUT2D eigenvalue weighted by Gasteiger charge is 2.23. The lowest BCUT2D eigenvalue weighted by molar-refractivity contribution is 0.407. The molecule has 0 saturated heterocycles. The molecule has 1 atom stereocenters. The van der Waals surface area contributed by atoms with E-state index in [1.54, 1.807) is 13.3 Å². The number of ether oxygens (including phenoxy) is 1. The number of methoxy groups -OCH3 is 1. The minimum Gasteiger partial charge on any atom is -0.496 e. The number of nitrogens with one attached hydrogen (secondary N) is 1. The third-order valence-corrected chi connectivity index (χ3v) is 4.29. The summed E-state index contributed by atoms with van der Waals surface area (Å²) in [5.41, 5.74) is 1.80. The Morgan fingerprint density at radius 1 is 1.07 bits per heavy atom. The molecule has 27 heavy (non-hydrogen) atoms. The second-order valence-electron chi connectivity index (χ2n) is 6.00. The lowest BCUT2D eigenvalue weighted by Gasteiger charge is -2.20. The number of hydrogen-bond acceptors (Lipinski definition) is 6. The predicted molar refractivity (Wildman–Crippen MR) is 101 cm³/mol. The van der Waals surface area contributed by atoms with Gasteiger partial charge in [-0.25, -0.2) is 4.98 Å². The van der Waals surface area contributed by atoms with Gasteiger partial charge in [0.2, 0.25) is 0 Å². The molecule has 0 aliphatic heterocycles. The van der Waals surface area contributed by atoms with Crippen LogP contribution >= 0.6 is 0 Å². The van der Waals surface area contributed by atoms with Crippen LogP contribution in [0.3, 0.4) is 0 Å². The SMILES string of the molecule is COc1ccccc1C(Nc1noc(-c2ccccc2)n1)c1nccn1C. The van der Waals surface area contributed by atoms with Gasteiger partial charge in [-0.05, 0) is 23.4 Å². The van der Waals surface area contributed by atoms with Crippen molar-refractivity contribution in [3.05, 3.63) is 78.4 Å². The van der Waals surface area contributed by atoms with E-state index in [0.29, 0.717) is 11.8 Å². The Balaban J connectivity index is 1.71. The quantitative estimate of drug-likeness (QED) is 0.564. The van der Waals surface area contributed by atoms with Gasteiger partial charge in [0.15, 0.2) is 0 Å². The zero-order valence-corrected chi connectivity index (χ0v) is 15.0. The minimum absolute atomic E-state index is 0.303. The normalized spacial score (nSPS) is 11.9. The van der Waals surface area contributed by atoms with Crippen LogP contribution in [0.5, 0.6) is 5.75 Å². The van der Waals surface area contributed by atoms with Crippen LogP contribution in [0.2, 0.25) is 0 Å². The molecular formula is C20H19N5O2. The van der Waals surface area contributed by atoms with Crippen LogP contribution < -0.4 is 10.1 Å². The van der Waals surface area contributed by atoms with E-state index in [-0.39, 0.29) is 6.04 Å². The van der Waals surface area contributed by atoms with E-state index in [9.17, 15) is 0 Å². The molecule has 7 nitrogen and oxygen atoms in total. The molecule has 0 radical (unpaired) electrons. The van der Waals surface area contributed by atoms with E-state index in [1.165, 1.54) is 0 Å². The summed E-state index contributed by atoms with van der Waals surface area (Å²) < 4.78 is 12.9. The zero-order chi connectivity index (χ0) is 18.6. The number of hydrogen-bond donors (Lipinski definition) is 1. The van der Waals surface area contributed by atoms with Gasteiger partial charge >= 0.3 is 0 Å². The number of benzene rings is 2. The van der Waals surface area contributed by atoms with Gasteiger partial charge in [0.25, 0.3) is 11.8 Å². The number of rotatable bonds is 6. The smallest absolute Gasteiger partial charge is 0.264 e. The molecule has 0 aliphatic carbocycles. The molecule has 0 spiro atoms. The summed E-state index contributed by atoms with van der Waals surface area (Å²) in [6.07, 6.45) is 3.65.